The summed E-state index contributed by atoms with van der Waals surface area (Å²) in [6, 6.07) is 5.49. The number of nitrogens with two attached hydrogens (primary N) is 3. The van der Waals surface area contributed by atoms with Crippen molar-refractivity contribution in [2.75, 3.05) is 18.0 Å². The first-order chi connectivity index (χ1) is 6.59. The lowest BCUT2D eigenvalue weighted by Crippen LogP contribution is -2.25. The highest BCUT2D eigenvalue weighted by Crippen LogP contribution is 2.16. The van der Waals surface area contributed by atoms with E-state index in [-0.39, 0.29) is 0 Å². The Morgan fingerprint density at radius 2 is 1.93 bits per heavy atom. The molecule has 0 heterocycles. The number of hydroxylamine groups is 1. The fraction of sp³-hybridized carbons (Fsp3) is 0.333. The van der Waals surface area contributed by atoms with E-state index in [1.165, 1.54) is 0 Å². The van der Waals surface area contributed by atoms with Gasteiger partial charge < -0.3 is 21.8 Å². The van der Waals surface area contributed by atoms with Crippen molar-refractivity contribution in [3.63, 3.8) is 0 Å². The van der Waals surface area contributed by atoms with Gasteiger partial charge in [-0.1, -0.05) is 6.07 Å². The lowest BCUT2D eigenvalue weighted by molar-refractivity contribution is 0.388. The Hall–Kier alpha value is -1.30. The van der Waals surface area contributed by atoms with Gasteiger partial charge in [-0.25, -0.2) is 0 Å². The average molecular weight is 195 g/mol. The van der Waals surface area contributed by atoms with Crippen molar-refractivity contribution in [2.24, 2.45) is 5.84 Å². The summed E-state index contributed by atoms with van der Waals surface area (Å²) in [7, 11) is 0. The molecule has 0 saturated heterocycles. The second-order valence-corrected chi connectivity index (χ2v) is 3.21. The summed E-state index contributed by atoms with van der Waals surface area (Å²) in [5.41, 5.74) is 13.4. The minimum atomic E-state index is 0.324. The van der Waals surface area contributed by atoms with Crippen LogP contribution < -0.4 is 17.3 Å². The molecule has 1 rings (SSSR count). The number of anilines is 2. The summed E-state index contributed by atoms with van der Waals surface area (Å²) in [6.45, 7) is 0.324. The number of rotatable bonds is 4. The number of aryl methyl sites for hydroxylation is 1. The monoisotopic (exact) mass is 195 g/mol. The quantitative estimate of drug-likeness (QED) is 0.367. The molecule has 6 N–H and O–H groups in total. The molecular weight excluding hydrogens is 180 g/mol. The van der Waals surface area contributed by atoms with Crippen LogP contribution in [-0.4, -0.2) is 11.7 Å². The highest BCUT2D eigenvalue weighted by molar-refractivity contribution is 5.63. The molecule has 0 aliphatic carbocycles. The lowest BCUT2D eigenvalue weighted by Gasteiger charge is -2.20. The molecule has 0 aromatic heterocycles. The molecule has 5 nitrogen and oxygen atoms in total. The van der Waals surface area contributed by atoms with E-state index in [1.807, 2.05) is 12.1 Å². The van der Waals surface area contributed by atoms with E-state index in [0.717, 1.165) is 12.0 Å². The molecule has 0 bridgehead atoms. The van der Waals surface area contributed by atoms with Crippen LogP contribution in [0.4, 0.5) is 11.4 Å². The zero-order valence-corrected chi connectivity index (χ0v) is 7.94. The molecule has 0 amide bonds. The van der Waals surface area contributed by atoms with Crippen LogP contribution in [0.1, 0.15) is 12.0 Å². The highest BCUT2D eigenvalue weighted by atomic mass is 16.5. The smallest absolute Gasteiger partial charge is 0.0550 e. The molecular formula is C9H15N4O-. The molecule has 0 aliphatic heterocycles. The second-order valence-electron chi connectivity index (χ2n) is 3.21. The zero-order chi connectivity index (χ0) is 10.6. The number of nitrogens with zero attached hydrogens (tertiary/aromatic N) is 1. The molecule has 5 heteroatoms. The summed E-state index contributed by atoms with van der Waals surface area (Å²) in [5, 5.41) is 10.8. The van der Waals surface area contributed by atoms with Crippen LogP contribution in [0.15, 0.2) is 18.2 Å². The van der Waals surface area contributed by atoms with E-state index >= 15 is 0 Å². The summed E-state index contributed by atoms with van der Waals surface area (Å²) in [6.07, 6.45) is 1.49. The predicted octanol–water partition coefficient (Wildman–Crippen LogP) is 0.457. The van der Waals surface area contributed by atoms with Crippen LogP contribution in [0.25, 0.3) is 0 Å². The summed E-state index contributed by atoms with van der Waals surface area (Å²) in [4.78, 5) is 0. The average Bonchev–Trinajstić information content (AvgIpc) is 2.10. The van der Waals surface area contributed by atoms with Crippen molar-refractivity contribution in [3.8, 4) is 0 Å². The third-order valence-electron chi connectivity index (χ3n) is 2.00. The first kappa shape index (κ1) is 10.8. The van der Waals surface area contributed by atoms with Gasteiger partial charge in [0.1, 0.15) is 0 Å². The Labute approximate surface area is 83.0 Å². The second kappa shape index (κ2) is 4.80. The number of benzene rings is 1. The Morgan fingerprint density at radius 3 is 2.50 bits per heavy atom. The van der Waals surface area contributed by atoms with E-state index in [1.54, 1.807) is 6.07 Å². The van der Waals surface area contributed by atoms with Crippen molar-refractivity contribution >= 4 is 11.4 Å². The topological polar surface area (TPSA) is 104 Å². The van der Waals surface area contributed by atoms with Gasteiger partial charge >= 0.3 is 0 Å². The molecule has 1 aromatic rings. The van der Waals surface area contributed by atoms with Crippen LogP contribution in [-0.2, 0) is 6.42 Å². The molecule has 0 atom stereocenters. The number of hydrogen-bond donors (Lipinski definition) is 3. The number of nitrogen functional groups attached to an aromatic ring is 2. The van der Waals surface area contributed by atoms with E-state index in [4.69, 9.17) is 17.3 Å². The molecule has 0 aliphatic rings. The van der Waals surface area contributed by atoms with Gasteiger partial charge in [-0.3, -0.25) is 5.84 Å². The maximum Gasteiger partial charge on any atom is 0.0550 e. The molecule has 0 fully saturated rings. The Bertz CT molecular complexity index is 301. The Balaban J connectivity index is 2.47. The predicted molar refractivity (Wildman–Crippen MR) is 57.8 cm³/mol. The number of hydrogen-bond acceptors (Lipinski definition) is 5. The van der Waals surface area contributed by atoms with Crippen LogP contribution >= 0.6 is 0 Å². The Morgan fingerprint density at radius 1 is 1.21 bits per heavy atom. The van der Waals surface area contributed by atoms with E-state index < -0.39 is 0 Å². The minimum absolute atomic E-state index is 0.324. The van der Waals surface area contributed by atoms with Gasteiger partial charge in [0.05, 0.1) is 11.4 Å². The van der Waals surface area contributed by atoms with Crippen molar-refractivity contribution in [2.45, 2.75) is 12.8 Å². The number of hydrazine groups is 1. The minimum Gasteiger partial charge on any atom is -0.772 e. The van der Waals surface area contributed by atoms with Gasteiger partial charge in [0.15, 0.2) is 0 Å². The summed E-state index contributed by atoms with van der Waals surface area (Å²) >= 11 is 0. The third kappa shape index (κ3) is 3.21. The van der Waals surface area contributed by atoms with Crippen LogP contribution in [0.2, 0.25) is 0 Å². The van der Waals surface area contributed by atoms with E-state index in [0.29, 0.717) is 29.5 Å². The first-order valence-electron chi connectivity index (χ1n) is 4.43. The zero-order valence-electron chi connectivity index (χ0n) is 7.94. The third-order valence-corrected chi connectivity index (χ3v) is 2.00. The van der Waals surface area contributed by atoms with Crippen LogP contribution in [0, 0.1) is 5.21 Å². The fourth-order valence-corrected chi connectivity index (χ4v) is 1.22. The molecule has 0 saturated carbocycles. The van der Waals surface area contributed by atoms with Crippen molar-refractivity contribution in [1.82, 2.24) is 5.17 Å². The molecule has 14 heavy (non-hydrogen) atoms. The van der Waals surface area contributed by atoms with Crippen molar-refractivity contribution in [1.29, 1.82) is 0 Å². The first-order valence-corrected chi connectivity index (χ1v) is 4.43. The molecule has 0 unspecified atom stereocenters. The van der Waals surface area contributed by atoms with Gasteiger partial charge in [0.2, 0.25) is 0 Å². The standard InChI is InChI=1S/C9H15N4O/c10-8-4-3-7(6-9(8)11)2-1-5-13(12)14/h3-4,6H,1-2,5,10-12H2/q-1. The summed E-state index contributed by atoms with van der Waals surface area (Å²) < 4.78 is 0. The summed E-state index contributed by atoms with van der Waals surface area (Å²) in [5.74, 6) is 4.94. The van der Waals surface area contributed by atoms with Crippen molar-refractivity contribution < 1.29 is 0 Å². The van der Waals surface area contributed by atoms with Crippen LogP contribution in [0.5, 0.6) is 0 Å². The van der Waals surface area contributed by atoms with Gasteiger partial charge in [-0.15, -0.1) is 0 Å². The normalized spacial score (nSPS) is 10.8. The SMILES string of the molecule is Nc1ccc(CCCN(N)[O-])cc1N. The maximum atomic E-state index is 10.4. The molecule has 0 radical (unpaired) electrons. The van der Waals surface area contributed by atoms with Crippen molar-refractivity contribution in [3.05, 3.63) is 29.0 Å². The Kier molecular flexibility index (Phi) is 3.70. The van der Waals surface area contributed by atoms with Gasteiger partial charge in [0.25, 0.3) is 0 Å². The van der Waals surface area contributed by atoms with Gasteiger partial charge in [0, 0.05) is 0 Å². The largest absolute Gasteiger partial charge is 0.772 e. The molecule has 0 spiro atoms. The maximum absolute atomic E-state index is 10.4. The highest BCUT2D eigenvalue weighted by Gasteiger charge is 1.97. The fourth-order valence-electron chi connectivity index (χ4n) is 1.22. The van der Waals surface area contributed by atoms with Gasteiger partial charge in [-0.2, -0.15) is 0 Å². The van der Waals surface area contributed by atoms with E-state index in [2.05, 4.69) is 0 Å². The lowest BCUT2D eigenvalue weighted by atomic mass is 10.1. The van der Waals surface area contributed by atoms with Crippen LogP contribution in [0.3, 0.4) is 0 Å². The molecule has 78 valence electrons. The van der Waals surface area contributed by atoms with E-state index in [9.17, 15) is 5.21 Å². The van der Waals surface area contributed by atoms with Gasteiger partial charge in [-0.05, 0) is 37.1 Å². The molecule has 1 aromatic carbocycles.